The van der Waals surface area contributed by atoms with E-state index in [1.165, 1.54) is 6.08 Å². The largest absolute Gasteiger partial charge is 0.494 e. The van der Waals surface area contributed by atoms with Crippen LogP contribution in [-0.4, -0.2) is 18.3 Å². The molecule has 4 heteroatoms. The summed E-state index contributed by atoms with van der Waals surface area (Å²) in [4.78, 5) is 0. The maximum absolute atomic E-state index is 13.2. The Balaban J connectivity index is 2.94. The molecule has 0 saturated carbocycles. The van der Waals surface area contributed by atoms with E-state index in [0.717, 1.165) is 6.08 Å². The first kappa shape index (κ1) is 14.2. The fourth-order valence-electron chi connectivity index (χ4n) is 1.48. The van der Waals surface area contributed by atoms with Crippen molar-refractivity contribution in [2.45, 2.75) is 45.8 Å². The van der Waals surface area contributed by atoms with Crippen LogP contribution in [-0.2, 0) is 9.31 Å². The van der Waals surface area contributed by atoms with Crippen LogP contribution < -0.4 is 0 Å². The molecular weight excluding hydrogens is 218 g/mol. The van der Waals surface area contributed by atoms with Crippen molar-refractivity contribution in [2.24, 2.45) is 0 Å². The van der Waals surface area contributed by atoms with Crippen LogP contribution in [0.4, 0.5) is 4.39 Å². The maximum atomic E-state index is 13.2. The third-order valence-corrected chi connectivity index (χ3v) is 3.36. The molecule has 1 rings (SSSR count). The second-order valence-corrected chi connectivity index (χ2v) is 5.11. The monoisotopic (exact) mass is 238 g/mol. The van der Waals surface area contributed by atoms with Gasteiger partial charge in [-0.1, -0.05) is 12.7 Å². The van der Waals surface area contributed by atoms with Crippen molar-refractivity contribution >= 4 is 7.12 Å². The Hall–Kier alpha value is -0.865. The van der Waals surface area contributed by atoms with Gasteiger partial charge in [-0.05, 0) is 52.2 Å². The number of rotatable bonds is 3. The summed E-state index contributed by atoms with van der Waals surface area (Å²) in [6, 6.07) is 0. The van der Waals surface area contributed by atoms with Crippen molar-refractivity contribution in [1.82, 2.24) is 0 Å². The Bertz CT molecular complexity index is 354. The Kier molecular flexibility index (Phi) is 4.00. The molecule has 0 amide bonds. The summed E-state index contributed by atoms with van der Waals surface area (Å²) in [7, 11) is -0.532. The minimum atomic E-state index is -0.532. The predicted molar refractivity (Wildman–Crippen MR) is 69.2 cm³/mol. The second-order valence-electron chi connectivity index (χ2n) is 5.11. The molecule has 0 atom stereocenters. The lowest BCUT2D eigenvalue weighted by atomic mass is 9.77. The van der Waals surface area contributed by atoms with Gasteiger partial charge in [0, 0.05) is 0 Å². The Morgan fingerprint density at radius 2 is 1.65 bits per heavy atom. The van der Waals surface area contributed by atoms with Crippen LogP contribution in [0.1, 0.15) is 34.6 Å². The zero-order valence-corrected chi connectivity index (χ0v) is 11.2. The quantitative estimate of drug-likeness (QED) is 0.552. The molecule has 1 fully saturated rings. The molecule has 0 N–H and O–H groups in total. The normalized spacial score (nSPS) is 24.0. The van der Waals surface area contributed by atoms with Crippen LogP contribution in [0.3, 0.4) is 0 Å². The fraction of sp³-hybridized carbons (Fsp3) is 0.538. The van der Waals surface area contributed by atoms with Gasteiger partial charge in [0.2, 0.25) is 0 Å². The summed E-state index contributed by atoms with van der Waals surface area (Å²) in [5.41, 5.74) is -0.157. The van der Waals surface area contributed by atoms with E-state index in [-0.39, 0.29) is 0 Å². The van der Waals surface area contributed by atoms with Crippen molar-refractivity contribution < 1.29 is 13.7 Å². The number of hydrogen-bond acceptors (Lipinski definition) is 2. The molecular formula is C13H20BFO2. The van der Waals surface area contributed by atoms with E-state index >= 15 is 0 Å². The highest BCUT2D eigenvalue weighted by Gasteiger charge is 2.51. The van der Waals surface area contributed by atoms with Gasteiger partial charge >= 0.3 is 7.12 Å². The van der Waals surface area contributed by atoms with E-state index in [1.807, 2.05) is 34.6 Å². The molecule has 0 aromatic carbocycles. The summed E-state index contributed by atoms with van der Waals surface area (Å²) in [6.45, 7) is 13.1. The molecule has 0 aromatic heterocycles. The van der Waals surface area contributed by atoms with Crippen LogP contribution in [0.25, 0.3) is 0 Å². The fourth-order valence-corrected chi connectivity index (χ4v) is 1.48. The van der Waals surface area contributed by atoms with Gasteiger partial charge in [-0.2, -0.15) is 0 Å². The van der Waals surface area contributed by atoms with Gasteiger partial charge in [0.15, 0.2) is 0 Å². The van der Waals surface area contributed by atoms with Crippen LogP contribution in [0, 0.1) is 0 Å². The molecule has 0 aromatic rings. The van der Waals surface area contributed by atoms with Crippen molar-refractivity contribution in [3.63, 3.8) is 0 Å². The van der Waals surface area contributed by atoms with E-state index in [4.69, 9.17) is 9.31 Å². The molecule has 0 aliphatic carbocycles. The lowest BCUT2D eigenvalue weighted by molar-refractivity contribution is 0.00578. The van der Waals surface area contributed by atoms with Gasteiger partial charge in [0.1, 0.15) is 5.83 Å². The molecule has 0 spiro atoms. The average molecular weight is 238 g/mol. The minimum Gasteiger partial charge on any atom is -0.399 e. The average Bonchev–Trinajstić information content (AvgIpc) is 2.44. The van der Waals surface area contributed by atoms with E-state index in [9.17, 15) is 4.39 Å². The van der Waals surface area contributed by atoms with Crippen LogP contribution >= 0.6 is 0 Å². The van der Waals surface area contributed by atoms with Crippen LogP contribution in [0.15, 0.2) is 36.1 Å². The van der Waals surface area contributed by atoms with Crippen LogP contribution in [0.2, 0.25) is 0 Å². The highest BCUT2D eigenvalue weighted by atomic mass is 19.1. The molecule has 0 bridgehead atoms. The highest BCUT2D eigenvalue weighted by Crippen LogP contribution is 2.38. The summed E-state index contributed by atoms with van der Waals surface area (Å²) >= 11 is 0. The maximum Gasteiger partial charge on any atom is 0.494 e. The summed E-state index contributed by atoms with van der Waals surface area (Å²) in [5.74, 6) is -0.396. The van der Waals surface area contributed by atoms with E-state index in [2.05, 4.69) is 6.58 Å². The molecule has 17 heavy (non-hydrogen) atoms. The molecule has 2 nitrogen and oxygen atoms in total. The van der Waals surface area contributed by atoms with Gasteiger partial charge < -0.3 is 9.31 Å². The lowest BCUT2D eigenvalue weighted by Crippen LogP contribution is -2.41. The third-order valence-electron chi connectivity index (χ3n) is 3.36. The molecule has 1 aliphatic rings. The first-order valence-electron chi connectivity index (χ1n) is 5.75. The summed E-state index contributed by atoms with van der Waals surface area (Å²) < 4.78 is 24.9. The second kappa shape index (κ2) is 4.79. The number of halogens is 1. The van der Waals surface area contributed by atoms with Gasteiger partial charge in [0.25, 0.3) is 0 Å². The zero-order chi connectivity index (χ0) is 13.3. The van der Waals surface area contributed by atoms with Gasteiger partial charge in [-0.3, -0.25) is 0 Å². The SMILES string of the molecule is C=C/C(F)=C\C(=C/C)B1OC(C)(C)C(C)(C)O1. The van der Waals surface area contributed by atoms with Crippen LogP contribution in [0.5, 0.6) is 0 Å². The zero-order valence-electron chi connectivity index (χ0n) is 11.2. The number of allylic oxidation sites excluding steroid dienone is 5. The Labute approximate surface area is 103 Å². The summed E-state index contributed by atoms with van der Waals surface area (Å²) in [5, 5.41) is 0. The lowest BCUT2D eigenvalue weighted by Gasteiger charge is -2.32. The predicted octanol–water partition coefficient (Wildman–Crippen LogP) is 3.60. The van der Waals surface area contributed by atoms with E-state index in [1.54, 1.807) is 6.08 Å². The minimum absolute atomic E-state index is 0.396. The highest BCUT2D eigenvalue weighted by molar-refractivity contribution is 6.55. The molecule has 0 unspecified atom stereocenters. The van der Waals surface area contributed by atoms with Gasteiger partial charge in [0.05, 0.1) is 11.2 Å². The first-order valence-corrected chi connectivity index (χ1v) is 5.75. The summed E-state index contributed by atoms with van der Waals surface area (Å²) in [6.07, 6.45) is 4.33. The van der Waals surface area contributed by atoms with Crippen molar-refractivity contribution in [2.75, 3.05) is 0 Å². The van der Waals surface area contributed by atoms with E-state index in [0.29, 0.717) is 5.47 Å². The smallest absolute Gasteiger partial charge is 0.399 e. The molecule has 1 heterocycles. The van der Waals surface area contributed by atoms with Gasteiger partial charge in [-0.15, -0.1) is 0 Å². The Morgan fingerprint density at radius 3 is 2.00 bits per heavy atom. The van der Waals surface area contributed by atoms with Crippen molar-refractivity contribution in [3.05, 3.63) is 36.1 Å². The third kappa shape index (κ3) is 2.88. The topological polar surface area (TPSA) is 18.5 Å². The number of hydrogen-bond donors (Lipinski definition) is 0. The van der Waals surface area contributed by atoms with Crippen molar-refractivity contribution in [1.29, 1.82) is 0 Å². The molecule has 0 radical (unpaired) electrons. The molecule has 1 aliphatic heterocycles. The molecule has 94 valence electrons. The van der Waals surface area contributed by atoms with Gasteiger partial charge in [-0.25, -0.2) is 4.39 Å². The first-order chi connectivity index (χ1) is 7.73. The van der Waals surface area contributed by atoms with E-state index < -0.39 is 24.1 Å². The standard InChI is InChI=1S/C13H20BFO2/c1-7-10(9-11(15)8-2)14-16-12(3,4)13(5,6)17-14/h7-9H,2H2,1,3-6H3/b10-7+,11-9+. The molecule has 1 saturated heterocycles. The van der Waals surface area contributed by atoms with Crippen molar-refractivity contribution in [3.8, 4) is 0 Å². The Morgan fingerprint density at radius 1 is 1.18 bits per heavy atom.